The Morgan fingerprint density at radius 2 is 1.96 bits per heavy atom. The average Bonchev–Trinajstić information content (AvgIpc) is 3.09. The molecular weight excluding hydrogens is 354 g/mol. The number of amides is 1. The number of fused-ring (bicyclic) bond motifs is 2. The van der Waals surface area contributed by atoms with Gasteiger partial charge in [0.2, 0.25) is 11.8 Å². The summed E-state index contributed by atoms with van der Waals surface area (Å²) in [6.45, 7) is 4.91. The predicted molar refractivity (Wildman–Crippen MR) is 107 cm³/mol. The van der Waals surface area contributed by atoms with Crippen LogP contribution in [0.2, 0.25) is 0 Å². The van der Waals surface area contributed by atoms with E-state index in [4.69, 9.17) is 4.74 Å². The summed E-state index contributed by atoms with van der Waals surface area (Å²) in [5, 5.41) is 1.16. The Balaban J connectivity index is 1.59. The molecule has 1 amide bonds. The number of carbonyl (C=O) groups is 2. The van der Waals surface area contributed by atoms with Gasteiger partial charge < -0.3 is 9.64 Å². The fraction of sp³-hybridized carbons (Fsp3) is 0.455. The number of carbonyl (C=O) groups excluding carboxylic acids is 2. The first-order valence-corrected chi connectivity index (χ1v) is 9.97. The van der Waals surface area contributed by atoms with Gasteiger partial charge in [-0.25, -0.2) is 0 Å². The minimum Gasteiger partial charge on any atom is -0.378 e. The van der Waals surface area contributed by atoms with E-state index in [1.54, 1.807) is 11.5 Å². The molecule has 0 bridgehead atoms. The van der Waals surface area contributed by atoms with Crippen molar-refractivity contribution in [2.24, 2.45) is 5.92 Å². The molecule has 6 nitrogen and oxygen atoms in total. The third-order valence-electron chi connectivity index (χ3n) is 6.37. The predicted octanol–water partition coefficient (Wildman–Crippen LogP) is 2.03. The van der Waals surface area contributed by atoms with Crippen LogP contribution in [0, 0.1) is 5.92 Å². The minimum absolute atomic E-state index is 0.0287. The first-order valence-electron chi connectivity index (χ1n) is 9.97. The highest BCUT2D eigenvalue weighted by molar-refractivity contribution is 6.03. The van der Waals surface area contributed by atoms with Crippen molar-refractivity contribution < 1.29 is 14.3 Å². The molecule has 0 spiro atoms. The van der Waals surface area contributed by atoms with Gasteiger partial charge in [-0.05, 0) is 36.2 Å². The summed E-state index contributed by atoms with van der Waals surface area (Å²) in [6, 6.07) is 6.39. The fourth-order valence-corrected chi connectivity index (χ4v) is 4.99. The van der Waals surface area contributed by atoms with Crippen molar-refractivity contribution in [1.29, 1.82) is 0 Å². The normalized spacial score (nSPS) is 24.8. The van der Waals surface area contributed by atoms with Crippen molar-refractivity contribution in [3.05, 3.63) is 41.6 Å². The largest absolute Gasteiger partial charge is 0.378 e. The molecule has 2 unspecified atom stereocenters. The maximum atomic E-state index is 13.1. The van der Waals surface area contributed by atoms with Crippen LogP contribution in [0.25, 0.3) is 16.5 Å². The van der Waals surface area contributed by atoms with Gasteiger partial charge in [-0.1, -0.05) is 18.2 Å². The molecule has 5 rings (SSSR count). The number of nitrogens with zero attached hydrogens (tertiary/aromatic N) is 3. The lowest BCUT2D eigenvalue weighted by Crippen LogP contribution is -2.49. The smallest absolute Gasteiger partial charge is 0.230 e. The summed E-state index contributed by atoms with van der Waals surface area (Å²) in [6.07, 6.45) is 5.05. The number of rotatable bonds is 1. The number of morpholine rings is 1. The standard InChI is InChI=1S/C22H25N3O3/c1-14(26)25-13-15-11-20-18(17-4-3-5-19(25)21(15)17)10-16(12-23(20)2)22(27)24-6-8-28-9-7-24/h3-5,10,13,16,20H,6-9,11-12H2,1-2H3. The molecule has 1 saturated heterocycles. The van der Waals surface area contributed by atoms with E-state index >= 15 is 0 Å². The van der Waals surface area contributed by atoms with Gasteiger partial charge in [-0.3, -0.25) is 19.1 Å². The van der Waals surface area contributed by atoms with E-state index in [1.807, 2.05) is 23.2 Å². The number of likely N-dealkylation sites (N-methyl/N-ethyl adjacent to an activating group) is 1. The summed E-state index contributed by atoms with van der Waals surface area (Å²) >= 11 is 0. The second-order valence-electron chi connectivity index (χ2n) is 8.07. The summed E-state index contributed by atoms with van der Waals surface area (Å²) in [5.41, 5.74) is 4.56. The van der Waals surface area contributed by atoms with Crippen molar-refractivity contribution in [3.8, 4) is 0 Å². The van der Waals surface area contributed by atoms with Gasteiger partial charge in [-0.15, -0.1) is 0 Å². The topological polar surface area (TPSA) is 54.8 Å². The average molecular weight is 379 g/mol. The maximum Gasteiger partial charge on any atom is 0.230 e. The van der Waals surface area contributed by atoms with Crippen molar-refractivity contribution in [2.75, 3.05) is 39.9 Å². The van der Waals surface area contributed by atoms with Crippen LogP contribution in [0.3, 0.4) is 0 Å². The molecule has 3 heterocycles. The van der Waals surface area contributed by atoms with Crippen LogP contribution in [0.4, 0.5) is 0 Å². The SMILES string of the molecule is CC(=O)n1cc2c3c(cccc31)C1=CC(C(=O)N3CCOCC3)CN(C)C1C2. The molecule has 28 heavy (non-hydrogen) atoms. The first-order chi connectivity index (χ1) is 13.5. The Kier molecular flexibility index (Phi) is 4.14. The Morgan fingerprint density at radius 3 is 2.71 bits per heavy atom. The second kappa shape index (κ2) is 6.57. The van der Waals surface area contributed by atoms with Crippen LogP contribution >= 0.6 is 0 Å². The molecule has 146 valence electrons. The highest BCUT2D eigenvalue weighted by Crippen LogP contribution is 2.41. The highest BCUT2D eigenvalue weighted by atomic mass is 16.5. The lowest BCUT2D eigenvalue weighted by Gasteiger charge is -2.41. The van der Waals surface area contributed by atoms with Crippen LogP contribution in [0.1, 0.15) is 22.8 Å². The molecule has 0 saturated carbocycles. The lowest BCUT2D eigenvalue weighted by atomic mass is 9.79. The van der Waals surface area contributed by atoms with Gasteiger partial charge in [-0.2, -0.15) is 0 Å². The molecule has 2 aromatic rings. The number of hydrogen-bond donors (Lipinski definition) is 0. The van der Waals surface area contributed by atoms with E-state index in [-0.39, 0.29) is 23.8 Å². The maximum absolute atomic E-state index is 13.1. The Bertz CT molecular complexity index is 1000. The molecule has 1 fully saturated rings. The summed E-state index contributed by atoms with van der Waals surface area (Å²) in [4.78, 5) is 29.4. The fourth-order valence-electron chi connectivity index (χ4n) is 4.99. The zero-order chi connectivity index (χ0) is 19.4. The van der Waals surface area contributed by atoms with E-state index in [2.05, 4.69) is 24.1 Å². The molecule has 0 radical (unpaired) electrons. The number of aromatic nitrogens is 1. The van der Waals surface area contributed by atoms with Crippen molar-refractivity contribution >= 4 is 28.3 Å². The molecule has 2 aliphatic heterocycles. The van der Waals surface area contributed by atoms with Crippen molar-refractivity contribution in [3.63, 3.8) is 0 Å². The van der Waals surface area contributed by atoms with Gasteiger partial charge >= 0.3 is 0 Å². The van der Waals surface area contributed by atoms with E-state index in [0.717, 1.165) is 29.4 Å². The molecule has 1 aromatic heterocycles. The first kappa shape index (κ1) is 17.6. The summed E-state index contributed by atoms with van der Waals surface area (Å²) < 4.78 is 7.15. The monoisotopic (exact) mass is 379 g/mol. The molecule has 6 heteroatoms. The Morgan fingerprint density at radius 1 is 1.18 bits per heavy atom. The Hall–Kier alpha value is -2.44. The second-order valence-corrected chi connectivity index (χ2v) is 8.07. The number of hydrogen-bond acceptors (Lipinski definition) is 4. The van der Waals surface area contributed by atoms with E-state index in [0.29, 0.717) is 26.3 Å². The molecule has 2 atom stereocenters. The van der Waals surface area contributed by atoms with Crippen LogP contribution in [-0.2, 0) is 16.0 Å². The van der Waals surface area contributed by atoms with Gasteiger partial charge in [0.25, 0.3) is 0 Å². The zero-order valence-corrected chi connectivity index (χ0v) is 16.4. The molecule has 0 N–H and O–H groups in total. The lowest BCUT2D eigenvalue weighted by molar-refractivity contribution is -0.138. The third-order valence-corrected chi connectivity index (χ3v) is 6.37. The van der Waals surface area contributed by atoms with E-state index < -0.39 is 0 Å². The third kappa shape index (κ3) is 2.63. The van der Waals surface area contributed by atoms with Gasteiger partial charge in [0, 0.05) is 44.2 Å². The molecular formula is C22H25N3O3. The van der Waals surface area contributed by atoms with E-state index in [1.165, 1.54) is 11.1 Å². The molecule has 1 aliphatic carbocycles. The number of ether oxygens (including phenoxy) is 1. The number of benzene rings is 1. The zero-order valence-electron chi connectivity index (χ0n) is 16.4. The quantitative estimate of drug-likeness (QED) is 0.761. The Labute approximate surface area is 164 Å². The molecule has 1 aromatic carbocycles. The van der Waals surface area contributed by atoms with Crippen LogP contribution < -0.4 is 0 Å². The highest BCUT2D eigenvalue weighted by Gasteiger charge is 2.37. The van der Waals surface area contributed by atoms with Gasteiger partial charge in [0.1, 0.15) is 0 Å². The van der Waals surface area contributed by atoms with Crippen LogP contribution in [-0.4, -0.2) is 72.1 Å². The van der Waals surface area contributed by atoms with Crippen LogP contribution in [0.15, 0.2) is 30.5 Å². The van der Waals surface area contributed by atoms with Gasteiger partial charge in [0.05, 0.1) is 24.6 Å². The summed E-state index contributed by atoms with van der Waals surface area (Å²) in [5.74, 6) is 0.0856. The van der Waals surface area contributed by atoms with Crippen LogP contribution in [0.5, 0.6) is 0 Å². The molecule has 3 aliphatic rings. The summed E-state index contributed by atoms with van der Waals surface area (Å²) in [7, 11) is 2.10. The van der Waals surface area contributed by atoms with Crippen molar-refractivity contribution in [2.45, 2.75) is 19.4 Å². The van der Waals surface area contributed by atoms with Gasteiger partial charge in [0.15, 0.2) is 0 Å². The minimum atomic E-state index is -0.138. The van der Waals surface area contributed by atoms with Crippen molar-refractivity contribution in [1.82, 2.24) is 14.4 Å². The van der Waals surface area contributed by atoms with E-state index in [9.17, 15) is 9.59 Å².